The number of thiocarbonyl (C=S) groups is 1. The third-order valence-corrected chi connectivity index (χ3v) is 3.86. The summed E-state index contributed by atoms with van der Waals surface area (Å²) >= 11 is 7.64. The van der Waals surface area contributed by atoms with E-state index >= 15 is 0 Å². The van der Waals surface area contributed by atoms with Gasteiger partial charge in [-0.1, -0.05) is 18.2 Å². The first-order chi connectivity index (χ1) is 10.1. The average Bonchev–Trinajstić information content (AvgIpc) is 2.45. The van der Waals surface area contributed by atoms with Crippen molar-refractivity contribution < 1.29 is 4.74 Å². The molecule has 0 saturated heterocycles. The second-order valence-corrected chi connectivity index (χ2v) is 6.30. The Kier molecular flexibility index (Phi) is 5.81. The van der Waals surface area contributed by atoms with Crippen LogP contribution in [0, 0.1) is 10.5 Å². The molecule has 3 nitrogen and oxygen atoms in total. The van der Waals surface area contributed by atoms with Gasteiger partial charge in [-0.3, -0.25) is 0 Å². The van der Waals surface area contributed by atoms with Gasteiger partial charge in [-0.2, -0.15) is 0 Å². The number of anilines is 1. The SMILES string of the molecule is COc1ccc(C)cc1NC(=S)NCc1cccc(I)c1. The minimum atomic E-state index is 0.581. The van der Waals surface area contributed by atoms with Crippen molar-refractivity contribution >= 4 is 45.6 Å². The van der Waals surface area contributed by atoms with Crippen LogP contribution in [0.2, 0.25) is 0 Å². The molecule has 2 aromatic rings. The van der Waals surface area contributed by atoms with Gasteiger partial charge in [0.1, 0.15) is 5.75 Å². The summed E-state index contributed by atoms with van der Waals surface area (Å²) in [5.41, 5.74) is 3.22. The van der Waals surface area contributed by atoms with Gasteiger partial charge >= 0.3 is 0 Å². The summed E-state index contributed by atoms with van der Waals surface area (Å²) in [7, 11) is 1.65. The highest BCUT2D eigenvalue weighted by atomic mass is 127. The highest BCUT2D eigenvalue weighted by Gasteiger charge is 2.05. The number of halogens is 1. The quantitative estimate of drug-likeness (QED) is 0.586. The van der Waals surface area contributed by atoms with Gasteiger partial charge in [-0.15, -0.1) is 0 Å². The molecular formula is C16H17IN2OS. The largest absolute Gasteiger partial charge is 0.495 e. The zero-order chi connectivity index (χ0) is 15.2. The molecule has 2 aromatic carbocycles. The Balaban J connectivity index is 1.97. The van der Waals surface area contributed by atoms with Crippen LogP contribution in [-0.2, 0) is 6.54 Å². The zero-order valence-corrected chi connectivity index (χ0v) is 14.9. The second-order valence-electron chi connectivity index (χ2n) is 4.64. The number of hydrogen-bond donors (Lipinski definition) is 2. The average molecular weight is 412 g/mol. The van der Waals surface area contributed by atoms with E-state index in [-0.39, 0.29) is 0 Å². The second kappa shape index (κ2) is 7.61. The van der Waals surface area contributed by atoms with Crippen LogP contribution in [0.3, 0.4) is 0 Å². The summed E-state index contributed by atoms with van der Waals surface area (Å²) in [5.74, 6) is 0.777. The molecule has 21 heavy (non-hydrogen) atoms. The number of methoxy groups -OCH3 is 1. The van der Waals surface area contributed by atoms with Gasteiger partial charge in [0.25, 0.3) is 0 Å². The van der Waals surface area contributed by atoms with Crippen molar-refractivity contribution in [1.82, 2.24) is 5.32 Å². The van der Waals surface area contributed by atoms with Crippen LogP contribution in [0.1, 0.15) is 11.1 Å². The molecule has 110 valence electrons. The molecule has 0 spiro atoms. The molecule has 0 aliphatic carbocycles. The van der Waals surface area contributed by atoms with Crippen molar-refractivity contribution in [2.75, 3.05) is 12.4 Å². The van der Waals surface area contributed by atoms with Crippen molar-refractivity contribution in [3.8, 4) is 5.75 Å². The molecular weight excluding hydrogens is 395 g/mol. The van der Waals surface area contributed by atoms with Crippen molar-refractivity contribution in [3.63, 3.8) is 0 Å². The number of rotatable bonds is 4. The maximum atomic E-state index is 5.34. The molecule has 0 bridgehead atoms. The van der Waals surface area contributed by atoms with E-state index in [9.17, 15) is 0 Å². The van der Waals surface area contributed by atoms with Crippen molar-refractivity contribution in [1.29, 1.82) is 0 Å². The maximum Gasteiger partial charge on any atom is 0.171 e. The van der Waals surface area contributed by atoms with Crippen LogP contribution in [0.25, 0.3) is 0 Å². The Bertz CT molecular complexity index is 646. The van der Waals surface area contributed by atoms with E-state index in [1.54, 1.807) is 7.11 Å². The van der Waals surface area contributed by atoms with Crippen LogP contribution in [0.15, 0.2) is 42.5 Å². The fraction of sp³-hybridized carbons (Fsp3) is 0.188. The molecule has 0 unspecified atom stereocenters. The lowest BCUT2D eigenvalue weighted by atomic mass is 10.2. The summed E-state index contributed by atoms with van der Waals surface area (Å²) in [4.78, 5) is 0. The molecule has 0 aliphatic heterocycles. The predicted molar refractivity (Wildman–Crippen MR) is 100.0 cm³/mol. The minimum Gasteiger partial charge on any atom is -0.495 e. The summed E-state index contributed by atoms with van der Waals surface area (Å²) in [6.07, 6.45) is 0. The van der Waals surface area contributed by atoms with E-state index in [0.29, 0.717) is 11.7 Å². The first-order valence-corrected chi connectivity index (χ1v) is 8.01. The summed E-state index contributed by atoms with van der Waals surface area (Å²) in [6.45, 7) is 2.73. The molecule has 0 aromatic heterocycles. The third kappa shape index (κ3) is 4.86. The topological polar surface area (TPSA) is 33.3 Å². The van der Waals surface area contributed by atoms with Crippen molar-refractivity contribution in [2.45, 2.75) is 13.5 Å². The molecule has 0 heterocycles. The van der Waals surface area contributed by atoms with Gasteiger partial charge in [-0.05, 0) is 77.1 Å². The van der Waals surface area contributed by atoms with Crippen LogP contribution >= 0.6 is 34.8 Å². The molecule has 2 N–H and O–H groups in total. The molecule has 0 radical (unpaired) electrons. The molecule has 0 atom stereocenters. The Morgan fingerprint density at radius 1 is 1.24 bits per heavy atom. The predicted octanol–water partition coefficient (Wildman–Crippen LogP) is 4.09. The van der Waals surface area contributed by atoms with E-state index in [0.717, 1.165) is 17.0 Å². The van der Waals surface area contributed by atoms with E-state index in [4.69, 9.17) is 17.0 Å². The number of hydrogen-bond acceptors (Lipinski definition) is 2. The summed E-state index contributed by atoms with van der Waals surface area (Å²) < 4.78 is 6.54. The van der Waals surface area contributed by atoms with Crippen molar-refractivity contribution in [2.24, 2.45) is 0 Å². The van der Waals surface area contributed by atoms with Crippen LogP contribution in [0.4, 0.5) is 5.69 Å². The highest BCUT2D eigenvalue weighted by Crippen LogP contribution is 2.25. The van der Waals surface area contributed by atoms with Crippen LogP contribution < -0.4 is 15.4 Å². The maximum absolute atomic E-state index is 5.34. The Hall–Kier alpha value is -1.34. The lowest BCUT2D eigenvalue weighted by Crippen LogP contribution is -2.28. The van der Waals surface area contributed by atoms with Gasteiger partial charge < -0.3 is 15.4 Å². The summed E-state index contributed by atoms with van der Waals surface area (Å²) in [6, 6.07) is 14.3. The molecule has 0 amide bonds. The summed E-state index contributed by atoms with van der Waals surface area (Å²) in [5, 5.41) is 6.97. The first-order valence-electron chi connectivity index (χ1n) is 6.52. The fourth-order valence-electron chi connectivity index (χ4n) is 1.92. The van der Waals surface area contributed by atoms with Crippen LogP contribution in [0.5, 0.6) is 5.75 Å². The number of aryl methyl sites for hydroxylation is 1. The lowest BCUT2D eigenvalue weighted by Gasteiger charge is -2.14. The Labute approximate surface area is 144 Å². The molecule has 0 saturated carbocycles. The smallest absolute Gasteiger partial charge is 0.171 e. The molecule has 0 aliphatic rings. The number of nitrogens with one attached hydrogen (secondary N) is 2. The van der Waals surface area contributed by atoms with Crippen LogP contribution in [-0.4, -0.2) is 12.2 Å². The van der Waals surface area contributed by atoms with Crippen molar-refractivity contribution in [3.05, 3.63) is 57.2 Å². The van der Waals surface area contributed by atoms with E-state index < -0.39 is 0 Å². The Morgan fingerprint density at radius 3 is 2.76 bits per heavy atom. The fourth-order valence-corrected chi connectivity index (χ4v) is 2.71. The standard InChI is InChI=1S/C16H17IN2OS/c1-11-6-7-15(20-2)14(8-11)19-16(21)18-10-12-4-3-5-13(17)9-12/h3-9H,10H2,1-2H3,(H2,18,19,21). The number of benzene rings is 2. The van der Waals surface area contributed by atoms with Gasteiger partial charge in [0.15, 0.2) is 5.11 Å². The third-order valence-electron chi connectivity index (χ3n) is 2.95. The molecule has 2 rings (SSSR count). The Morgan fingerprint density at radius 2 is 2.05 bits per heavy atom. The van der Waals surface area contributed by atoms with Gasteiger partial charge in [0, 0.05) is 10.1 Å². The molecule has 0 fully saturated rings. The highest BCUT2D eigenvalue weighted by molar-refractivity contribution is 14.1. The van der Waals surface area contributed by atoms with Gasteiger partial charge in [-0.25, -0.2) is 0 Å². The normalized spacial score (nSPS) is 10.0. The molecule has 5 heteroatoms. The van der Waals surface area contributed by atoms with E-state index in [1.165, 1.54) is 9.13 Å². The minimum absolute atomic E-state index is 0.581. The van der Waals surface area contributed by atoms with E-state index in [1.807, 2.05) is 31.2 Å². The van der Waals surface area contributed by atoms with E-state index in [2.05, 4.69) is 51.4 Å². The number of ether oxygens (including phenoxy) is 1. The first kappa shape index (κ1) is 16.0. The zero-order valence-electron chi connectivity index (χ0n) is 11.9. The monoisotopic (exact) mass is 412 g/mol. The van der Waals surface area contributed by atoms with Gasteiger partial charge in [0.05, 0.1) is 12.8 Å². The lowest BCUT2D eigenvalue weighted by molar-refractivity contribution is 0.417. The van der Waals surface area contributed by atoms with Gasteiger partial charge in [0.2, 0.25) is 0 Å².